The predicted octanol–water partition coefficient (Wildman–Crippen LogP) is 4.99. The van der Waals surface area contributed by atoms with Gasteiger partial charge in [0.1, 0.15) is 11.6 Å². The van der Waals surface area contributed by atoms with Gasteiger partial charge in [0.2, 0.25) is 11.9 Å². The van der Waals surface area contributed by atoms with Gasteiger partial charge >= 0.3 is 0 Å². The topological polar surface area (TPSA) is 132 Å². The molecule has 0 spiro atoms. The van der Waals surface area contributed by atoms with Crippen molar-refractivity contribution in [2.75, 3.05) is 63.5 Å². The molecular weight excluding hydrogens is 568 g/mol. The van der Waals surface area contributed by atoms with Crippen molar-refractivity contribution in [3.8, 4) is 28.4 Å². The largest absolute Gasteiger partial charge is 0.494 e. The number of nitrogens with one attached hydrogen (secondary N) is 3. The van der Waals surface area contributed by atoms with Gasteiger partial charge < -0.3 is 35.3 Å². The van der Waals surface area contributed by atoms with E-state index in [0.717, 1.165) is 30.2 Å². The Morgan fingerprint density at radius 2 is 1.88 bits per heavy atom. The van der Waals surface area contributed by atoms with Crippen molar-refractivity contribution in [1.82, 2.24) is 24.8 Å². The summed E-state index contributed by atoms with van der Waals surface area (Å²) in [7, 11) is 7.56. The van der Waals surface area contributed by atoms with Crippen LogP contribution >= 0.6 is 11.6 Å². The number of amides is 1. The zero-order valence-corrected chi connectivity index (χ0v) is 25.6. The quantitative estimate of drug-likeness (QED) is 0.147. The van der Waals surface area contributed by atoms with Gasteiger partial charge in [-0.3, -0.25) is 4.79 Å². The Morgan fingerprint density at radius 1 is 1.12 bits per heavy atom. The van der Waals surface area contributed by atoms with Crippen LogP contribution in [0.3, 0.4) is 0 Å². The maximum Gasteiger partial charge on any atom is 0.247 e. The number of carbonyl (C=O) groups is 1. The summed E-state index contributed by atoms with van der Waals surface area (Å²) in [5, 5.41) is 16.1. The molecule has 43 heavy (non-hydrogen) atoms. The van der Waals surface area contributed by atoms with Crippen molar-refractivity contribution in [3.63, 3.8) is 0 Å². The van der Waals surface area contributed by atoms with Crippen LogP contribution in [0.1, 0.15) is 12.2 Å². The van der Waals surface area contributed by atoms with Gasteiger partial charge in [-0.1, -0.05) is 30.3 Å². The zero-order chi connectivity index (χ0) is 30.9. The molecule has 12 heteroatoms. The number of rotatable bonds is 14. The van der Waals surface area contributed by atoms with Gasteiger partial charge in [0, 0.05) is 56.0 Å². The number of methoxy groups -OCH3 is 1. The third kappa shape index (κ3) is 8.10. The molecule has 0 saturated carbocycles. The highest BCUT2D eigenvalue weighted by Gasteiger charge is 2.19. The van der Waals surface area contributed by atoms with Gasteiger partial charge in [-0.15, -0.1) is 0 Å². The molecule has 2 aromatic carbocycles. The minimum absolute atomic E-state index is 0.0647. The summed E-state index contributed by atoms with van der Waals surface area (Å²) < 4.78 is 5.73. The predicted molar refractivity (Wildman–Crippen MR) is 172 cm³/mol. The van der Waals surface area contributed by atoms with E-state index in [1.54, 1.807) is 25.4 Å². The van der Waals surface area contributed by atoms with Crippen LogP contribution < -0.4 is 20.3 Å². The number of benzene rings is 2. The number of aryl methyl sites for hydroxylation is 1. The van der Waals surface area contributed by atoms with Crippen molar-refractivity contribution >= 4 is 40.5 Å². The Labute approximate surface area is 256 Å². The summed E-state index contributed by atoms with van der Waals surface area (Å²) in [6.45, 7) is 5.20. The molecule has 4 rings (SSSR count). The van der Waals surface area contributed by atoms with Crippen LogP contribution in [-0.4, -0.2) is 83.8 Å². The monoisotopic (exact) mass is 604 g/mol. The summed E-state index contributed by atoms with van der Waals surface area (Å²) in [6.07, 6.45) is 4.04. The molecule has 11 nitrogen and oxygen atoms in total. The molecule has 4 N–H and O–H groups in total. The fourth-order valence-corrected chi connectivity index (χ4v) is 4.50. The van der Waals surface area contributed by atoms with E-state index in [0.29, 0.717) is 58.0 Å². The van der Waals surface area contributed by atoms with Crippen LogP contribution in [0.2, 0.25) is 5.02 Å². The number of imidazole rings is 1. The number of aliphatic hydroxyl groups is 1. The van der Waals surface area contributed by atoms with Gasteiger partial charge in [0.15, 0.2) is 0 Å². The molecule has 2 aromatic heterocycles. The molecular formula is C31H37ClN8O3. The van der Waals surface area contributed by atoms with Crippen molar-refractivity contribution in [3.05, 3.63) is 72.2 Å². The van der Waals surface area contributed by atoms with E-state index in [4.69, 9.17) is 26.3 Å². The van der Waals surface area contributed by atoms with Crippen LogP contribution in [0.4, 0.5) is 23.0 Å². The first-order valence-corrected chi connectivity index (χ1v) is 14.2. The molecule has 0 unspecified atom stereocenters. The van der Waals surface area contributed by atoms with Crippen molar-refractivity contribution in [2.45, 2.75) is 12.8 Å². The molecule has 0 bridgehead atoms. The number of halogens is 1. The first kappa shape index (κ1) is 31.5. The highest BCUT2D eigenvalue weighted by atomic mass is 35.5. The smallest absolute Gasteiger partial charge is 0.247 e. The number of anilines is 4. The fraction of sp³-hybridized carbons (Fsp3) is 0.290. The van der Waals surface area contributed by atoms with Crippen LogP contribution in [0, 0.1) is 0 Å². The Bertz CT molecular complexity index is 1560. The van der Waals surface area contributed by atoms with Crippen LogP contribution in [0.15, 0.2) is 61.3 Å². The van der Waals surface area contributed by atoms with E-state index in [2.05, 4.69) is 32.1 Å². The number of ether oxygens (including phenoxy) is 1. The third-order valence-corrected chi connectivity index (χ3v) is 6.91. The summed E-state index contributed by atoms with van der Waals surface area (Å²) in [4.78, 5) is 33.8. The third-order valence-electron chi connectivity index (χ3n) is 6.66. The Kier molecular flexibility index (Phi) is 10.7. The van der Waals surface area contributed by atoms with Crippen molar-refractivity contribution < 1.29 is 14.6 Å². The van der Waals surface area contributed by atoms with Crippen LogP contribution in [0.25, 0.3) is 22.6 Å². The van der Waals surface area contributed by atoms with E-state index in [9.17, 15) is 9.90 Å². The van der Waals surface area contributed by atoms with Gasteiger partial charge in [-0.05, 0) is 50.9 Å². The van der Waals surface area contributed by atoms with Crippen molar-refractivity contribution in [2.24, 2.45) is 0 Å². The Balaban J connectivity index is 1.72. The number of aromatic nitrogens is 4. The molecule has 0 atom stereocenters. The number of H-pyrrole nitrogens is 1. The SMILES string of the molecule is C=CC(=O)Nc1cc(Nc2nccc(-c3[nH]c(CCCO)nc3-c3ccc(Cl)cc3)n2)c(OC)cc1N(C)CCN(C)C. The van der Waals surface area contributed by atoms with Gasteiger partial charge in [-0.2, -0.15) is 0 Å². The van der Waals surface area contributed by atoms with Gasteiger partial charge in [0.25, 0.3) is 0 Å². The molecule has 226 valence electrons. The van der Waals surface area contributed by atoms with Crippen LogP contribution in [0.5, 0.6) is 5.75 Å². The lowest BCUT2D eigenvalue weighted by Gasteiger charge is -2.26. The molecule has 0 radical (unpaired) electrons. The lowest BCUT2D eigenvalue weighted by Crippen LogP contribution is -2.29. The molecule has 0 aliphatic carbocycles. The van der Waals surface area contributed by atoms with E-state index in [-0.39, 0.29) is 12.5 Å². The zero-order valence-electron chi connectivity index (χ0n) is 24.8. The van der Waals surface area contributed by atoms with E-state index in [1.807, 2.05) is 56.4 Å². The minimum atomic E-state index is -0.331. The second-order valence-corrected chi connectivity index (χ2v) is 10.6. The standard InChI is InChI=1S/C31H37ClN8O3/c1-6-28(42)34-23-18-24(26(43-5)19-25(23)40(4)16-15-39(2)3)36-31-33-14-13-22(35-31)30-29(20-9-11-21(32)12-10-20)37-27(38-30)8-7-17-41/h6,9-14,18-19,41H,1,7-8,15-17H2,2-5H3,(H,34,42)(H,37,38)(H,33,35,36). The number of likely N-dealkylation sites (N-methyl/N-ethyl adjacent to an activating group) is 2. The maximum atomic E-state index is 12.3. The number of hydrogen-bond acceptors (Lipinski definition) is 9. The number of aliphatic hydroxyl groups excluding tert-OH is 1. The molecule has 4 aromatic rings. The number of aromatic amines is 1. The van der Waals surface area contributed by atoms with E-state index >= 15 is 0 Å². The summed E-state index contributed by atoms with van der Waals surface area (Å²) in [6, 6.07) is 12.9. The van der Waals surface area contributed by atoms with Gasteiger partial charge in [-0.25, -0.2) is 15.0 Å². The lowest BCUT2D eigenvalue weighted by molar-refractivity contribution is -0.111. The van der Waals surface area contributed by atoms with E-state index in [1.165, 1.54) is 6.08 Å². The minimum Gasteiger partial charge on any atom is -0.494 e. The maximum absolute atomic E-state index is 12.3. The summed E-state index contributed by atoms with van der Waals surface area (Å²) in [5.41, 5.74) is 4.85. The molecule has 0 aliphatic heterocycles. The lowest BCUT2D eigenvalue weighted by atomic mass is 10.1. The van der Waals surface area contributed by atoms with Crippen molar-refractivity contribution in [1.29, 1.82) is 0 Å². The second kappa shape index (κ2) is 14.6. The second-order valence-electron chi connectivity index (χ2n) is 10.1. The van der Waals surface area contributed by atoms with Gasteiger partial charge in [0.05, 0.1) is 41.3 Å². The van der Waals surface area contributed by atoms with E-state index < -0.39 is 0 Å². The molecule has 1 amide bonds. The number of hydrogen-bond donors (Lipinski definition) is 4. The normalized spacial score (nSPS) is 11.0. The average molecular weight is 605 g/mol. The highest BCUT2D eigenvalue weighted by molar-refractivity contribution is 6.30. The van der Waals surface area contributed by atoms with Crippen LogP contribution in [-0.2, 0) is 11.2 Å². The first-order chi connectivity index (χ1) is 20.7. The first-order valence-electron chi connectivity index (χ1n) is 13.8. The molecule has 0 fully saturated rings. The molecule has 2 heterocycles. The average Bonchev–Trinajstić information content (AvgIpc) is 3.43. The Hall–Kier alpha value is -4.45. The fourth-order valence-electron chi connectivity index (χ4n) is 4.37. The summed E-state index contributed by atoms with van der Waals surface area (Å²) >= 11 is 6.13. The Morgan fingerprint density at radius 3 is 2.56 bits per heavy atom. The summed E-state index contributed by atoms with van der Waals surface area (Å²) in [5.74, 6) is 1.27. The number of nitrogens with zero attached hydrogens (tertiary/aromatic N) is 5. The molecule has 0 saturated heterocycles. The number of carbonyl (C=O) groups excluding carboxylic acids is 1. The molecule has 0 aliphatic rings. The highest BCUT2D eigenvalue weighted by Crippen LogP contribution is 2.38.